The summed E-state index contributed by atoms with van der Waals surface area (Å²) in [5.41, 5.74) is 2.09. The van der Waals surface area contributed by atoms with Gasteiger partial charge in [0.05, 0.1) is 12.4 Å². The fourth-order valence-corrected chi connectivity index (χ4v) is 3.40. The molecule has 2 N–H and O–H groups in total. The molecule has 0 spiro atoms. The highest BCUT2D eigenvalue weighted by Crippen LogP contribution is 2.14. The predicted octanol–water partition coefficient (Wildman–Crippen LogP) is 2.03. The lowest BCUT2D eigenvalue weighted by molar-refractivity contribution is 0.326. The number of aromatic nitrogens is 1. The summed E-state index contributed by atoms with van der Waals surface area (Å²) >= 11 is 0. The van der Waals surface area contributed by atoms with Gasteiger partial charge in [-0.25, -0.2) is 17.8 Å². The van der Waals surface area contributed by atoms with E-state index in [-0.39, 0.29) is 12.3 Å². The third-order valence-electron chi connectivity index (χ3n) is 3.81. The minimum Gasteiger partial charge on any atom is -0.478 e. The summed E-state index contributed by atoms with van der Waals surface area (Å²) in [4.78, 5) is 8.26. The molecule has 0 amide bonds. The Morgan fingerprint density at radius 3 is 2.61 bits per heavy atom. The summed E-state index contributed by atoms with van der Waals surface area (Å²) in [6, 6.07) is 7.78. The first-order chi connectivity index (χ1) is 13.3. The number of sulfone groups is 1. The van der Waals surface area contributed by atoms with Crippen LogP contribution in [-0.2, 0) is 28.7 Å². The van der Waals surface area contributed by atoms with Crippen molar-refractivity contribution >= 4 is 15.8 Å². The van der Waals surface area contributed by atoms with Gasteiger partial charge in [0.2, 0.25) is 5.88 Å². The van der Waals surface area contributed by atoms with Gasteiger partial charge in [-0.05, 0) is 41.8 Å². The Morgan fingerprint density at radius 2 is 1.93 bits per heavy atom. The van der Waals surface area contributed by atoms with Crippen molar-refractivity contribution in [1.82, 2.24) is 15.6 Å². The van der Waals surface area contributed by atoms with Gasteiger partial charge in [0, 0.05) is 38.7 Å². The summed E-state index contributed by atoms with van der Waals surface area (Å²) < 4.78 is 42.2. The summed E-state index contributed by atoms with van der Waals surface area (Å²) in [6.07, 6.45) is 2.82. The summed E-state index contributed by atoms with van der Waals surface area (Å²) in [7, 11) is -1.60. The van der Waals surface area contributed by atoms with Crippen molar-refractivity contribution < 1.29 is 17.5 Å². The number of hydrogen-bond acceptors (Lipinski definition) is 5. The summed E-state index contributed by atoms with van der Waals surface area (Å²) in [6.45, 7) is 3.16. The molecule has 0 fully saturated rings. The Labute approximate surface area is 165 Å². The molecule has 0 saturated carbocycles. The number of nitrogens with zero attached hydrogens (tertiary/aromatic N) is 2. The van der Waals surface area contributed by atoms with Crippen molar-refractivity contribution in [1.29, 1.82) is 0 Å². The molecule has 0 aliphatic carbocycles. The molecule has 0 unspecified atom stereocenters. The molecule has 1 aromatic carbocycles. The molecule has 2 aromatic rings. The molecule has 0 atom stereocenters. The van der Waals surface area contributed by atoms with E-state index in [9.17, 15) is 12.8 Å². The van der Waals surface area contributed by atoms with Crippen LogP contribution in [0, 0.1) is 5.82 Å². The molecule has 28 heavy (non-hydrogen) atoms. The third kappa shape index (κ3) is 7.15. The fourth-order valence-electron chi connectivity index (χ4n) is 2.55. The van der Waals surface area contributed by atoms with Crippen molar-refractivity contribution in [3.05, 3.63) is 59.0 Å². The van der Waals surface area contributed by atoms with Crippen LogP contribution < -0.4 is 15.4 Å². The Morgan fingerprint density at radius 1 is 1.18 bits per heavy atom. The summed E-state index contributed by atoms with van der Waals surface area (Å²) in [5.74, 6) is 0.490. The van der Waals surface area contributed by atoms with Crippen molar-refractivity contribution in [3.63, 3.8) is 0 Å². The van der Waals surface area contributed by atoms with Gasteiger partial charge in [0.1, 0.15) is 5.82 Å². The molecule has 0 saturated heterocycles. The van der Waals surface area contributed by atoms with Crippen LogP contribution in [-0.4, -0.2) is 39.3 Å². The number of hydrogen-bond donors (Lipinski definition) is 2. The highest BCUT2D eigenvalue weighted by molar-refractivity contribution is 7.89. The van der Waals surface area contributed by atoms with E-state index in [1.807, 2.05) is 19.1 Å². The first kappa shape index (κ1) is 21.6. The SMILES string of the molecule is CCOc1cc(CNC(=NC)NCc2cc(F)ccc2CS(C)(=O)=O)ccn1. The summed E-state index contributed by atoms with van der Waals surface area (Å²) in [5, 5.41) is 6.23. The lowest BCUT2D eigenvalue weighted by Gasteiger charge is -2.14. The van der Waals surface area contributed by atoms with Crippen LogP contribution in [0.2, 0.25) is 0 Å². The zero-order chi connectivity index (χ0) is 20.6. The number of pyridine rings is 1. The van der Waals surface area contributed by atoms with E-state index in [2.05, 4.69) is 20.6 Å². The first-order valence-corrected chi connectivity index (χ1v) is 10.8. The maximum atomic E-state index is 13.6. The Hall–Kier alpha value is -2.68. The van der Waals surface area contributed by atoms with E-state index < -0.39 is 15.7 Å². The fraction of sp³-hybridized carbons (Fsp3) is 0.368. The van der Waals surface area contributed by atoms with E-state index in [1.54, 1.807) is 13.2 Å². The molecule has 2 rings (SSSR count). The van der Waals surface area contributed by atoms with Gasteiger partial charge in [-0.15, -0.1) is 0 Å². The number of benzene rings is 1. The normalized spacial score (nSPS) is 11.9. The highest BCUT2D eigenvalue weighted by atomic mass is 32.2. The van der Waals surface area contributed by atoms with Gasteiger partial charge in [-0.3, -0.25) is 4.99 Å². The average Bonchev–Trinajstić information content (AvgIpc) is 2.63. The topological polar surface area (TPSA) is 92.7 Å². The average molecular weight is 408 g/mol. The van der Waals surface area contributed by atoms with E-state index in [1.165, 1.54) is 18.2 Å². The van der Waals surface area contributed by atoms with Crippen LogP contribution >= 0.6 is 0 Å². The molecule has 1 heterocycles. The second kappa shape index (κ2) is 10.0. The van der Waals surface area contributed by atoms with Crippen LogP contribution in [0.3, 0.4) is 0 Å². The highest BCUT2D eigenvalue weighted by Gasteiger charge is 2.11. The van der Waals surface area contributed by atoms with Crippen LogP contribution in [0.5, 0.6) is 5.88 Å². The molecule has 0 aliphatic heterocycles. The molecule has 9 heteroatoms. The van der Waals surface area contributed by atoms with Gasteiger partial charge in [0.25, 0.3) is 0 Å². The standard InChI is InChI=1S/C19H25FN4O3S/c1-4-27-18-9-14(7-8-22-18)11-23-19(21-2)24-12-16-10-17(20)6-5-15(16)13-28(3,25)26/h5-10H,4,11-13H2,1-3H3,(H2,21,23,24). The first-order valence-electron chi connectivity index (χ1n) is 8.78. The van der Waals surface area contributed by atoms with Crippen molar-refractivity contribution in [3.8, 4) is 5.88 Å². The number of aliphatic imine (C=N–C) groups is 1. The molecule has 152 valence electrons. The second-order valence-corrected chi connectivity index (χ2v) is 8.34. The van der Waals surface area contributed by atoms with Crippen molar-refractivity contribution in [2.45, 2.75) is 25.8 Å². The number of halogens is 1. The molecule has 0 bridgehead atoms. The maximum absolute atomic E-state index is 13.6. The minimum atomic E-state index is -3.23. The van der Waals surface area contributed by atoms with Gasteiger partial charge in [0.15, 0.2) is 15.8 Å². The lowest BCUT2D eigenvalue weighted by Crippen LogP contribution is -2.36. The number of rotatable bonds is 8. The lowest BCUT2D eigenvalue weighted by atomic mass is 10.1. The van der Waals surface area contributed by atoms with E-state index >= 15 is 0 Å². The van der Waals surface area contributed by atoms with Gasteiger partial charge < -0.3 is 15.4 Å². The number of guanidine groups is 1. The molecule has 1 aromatic heterocycles. The zero-order valence-corrected chi connectivity index (χ0v) is 17.0. The van der Waals surface area contributed by atoms with E-state index in [4.69, 9.17) is 4.74 Å². The number of ether oxygens (including phenoxy) is 1. The monoisotopic (exact) mass is 408 g/mol. The van der Waals surface area contributed by atoms with Gasteiger partial charge >= 0.3 is 0 Å². The van der Waals surface area contributed by atoms with Crippen molar-refractivity contribution in [2.24, 2.45) is 4.99 Å². The van der Waals surface area contributed by atoms with Crippen LogP contribution in [0.25, 0.3) is 0 Å². The Bertz CT molecular complexity index is 933. The van der Waals surface area contributed by atoms with Crippen molar-refractivity contribution in [2.75, 3.05) is 19.9 Å². The molecule has 7 nitrogen and oxygen atoms in total. The Balaban J connectivity index is 2.01. The van der Waals surface area contributed by atoms with Crippen LogP contribution in [0.1, 0.15) is 23.6 Å². The quantitative estimate of drug-likeness (QED) is 0.513. The van der Waals surface area contributed by atoms with Crippen LogP contribution in [0.15, 0.2) is 41.5 Å². The zero-order valence-electron chi connectivity index (χ0n) is 16.2. The smallest absolute Gasteiger partial charge is 0.213 e. The van der Waals surface area contributed by atoms with Crippen LogP contribution in [0.4, 0.5) is 4.39 Å². The predicted molar refractivity (Wildman–Crippen MR) is 107 cm³/mol. The molecular weight excluding hydrogens is 383 g/mol. The van der Waals surface area contributed by atoms with Gasteiger partial charge in [-0.2, -0.15) is 0 Å². The maximum Gasteiger partial charge on any atom is 0.213 e. The minimum absolute atomic E-state index is 0.145. The third-order valence-corrected chi connectivity index (χ3v) is 4.64. The molecule has 0 radical (unpaired) electrons. The van der Waals surface area contributed by atoms with E-state index in [0.717, 1.165) is 11.8 Å². The number of nitrogens with one attached hydrogen (secondary N) is 2. The Kier molecular flexibility index (Phi) is 7.74. The second-order valence-electron chi connectivity index (χ2n) is 6.20. The van der Waals surface area contributed by atoms with Gasteiger partial charge in [-0.1, -0.05) is 6.07 Å². The largest absolute Gasteiger partial charge is 0.478 e. The molecular formula is C19H25FN4O3S. The van der Waals surface area contributed by atoms with E-state index in [0.29, 0.717) is 36.1 Å². The molecule has 0 aliphatic rings.